The van der Waals surface area contributed by atoms with E-state index in [0.717, 1.165) is 17.9 Å². The summed E-state index contributed by atoms with van der Waals surface area (Å²) >= 11 is 0. The van der Waals surface area contributed by atoms with Crippen molar-refractivity contribution in [3.05, 3.63) is 30.2 Å². The van der Waals surface area contributed by atoms with Crippen LogP contribution in [0.15, 0.2) is 24.4 Å². The van der Waals surface area contributed by atoms with E-state index in [4.69, 9.17) is 0 Å². The minimum Gasteiger partial charge on any atom is -0.349 e. The summed E-state index contributed by atoms with van der Waals surface area (Å²) < 4.78 is 1.87. The van der Waals surface area contributed by atoms with E-state index in [1.165, 1.54) is 0 Å². The summed E-state index contributed by atoms with van der Waals surface area (Å²) in [6.45, 7) is 2.40. The molecule has 0 aliphatic rings. The molecule has 0 fully saturated rings. The van der Waals surface area contributed by atoms with Crippen molar-refractivity contribution in [2.45, 2.75) is 26.3 Å². The first kappa shape index (κ1) is 10.6. The Morgan fingerprint density at radius 1 is 1.44 bits per heavy atom. The molecule has 2 aromatic rings. The van der Waals surface area contributed by atoms with E-state index in [2.05, 4.69) is 15.5 Å². The molecule has 2 heterocycles. The lowest BCUT2D eigenvalue weighted by atomic mass is 10.3. The zero-order valence-corrected chi connectivity index (χ0v) is 9.18. The second-order valence-electron chi connectivity index (χ2n) is 3.57. The van der Waals surface area contributed by atoms with Crippen LogP contribution in [0.4, 0.5) is 0 Å². The van der Waals surface area contributed by atoms with Crippen molar-refractivity contribution in [2.75, 3.05) is 0 Å². The predicted molar refractivity (Wildman–Crippen MR) is 59.7 cm³/mol. The summed E-state index contributed by atoms with van der Waals surface area (Å²) in [6, 6.07) is 5.70. The van der Waals surface area contributed by atoms with Gasteiger partial charge in [0.2, 0.25) is 5.91 Å². The Labute approximate surface area is 93.5 Å². The van der Waals surface area contributed by atoms with Crippen LogP contribution in [0.5, 0.6) is 0 Å². The fourth-order valence-corrected chi connectivity index (χ4v) is 1.50. The number of rotatable bonds is 4. The Kier molecular flexibility index (Phi) is 3.14. The maximum Gasteiger partial charge on any atom is 0.220 e. The minimum absolute atomic E-state index is 0.0511. The first-order valence-corrected chi connectivity index (χ1v) is 5.36. The number of fused-ring (bicyclic) bond motifs is 1. The molecule has 2 rings (SSSR count). The van der Waals surface area contributed by atoms with Gasteiger partial charge in [-0.15, -0.1) is 10.2 Å². The lowest BCUT2D eigenvalue weighted by Gasteiger charge is -2.02. The van der Waals surface area contributed by atoms with Crippen LogP contribution in [-0.4, -0.2) is 20.5 Å². The molecule has 1 amide bonds. The fraction of sp³-hybridized carbons (Fsp3) is 0.364. The molecule has 5 heteroatoms. The van der Waals surface area contributed by atoms with Gasteiger partial charge in [0.15, 0.2) is 11.5 Å². The molecule has 0 bridgehead atoms. The van der Waals surface area contributed by atoms with Gasteiger partial charge < -0.3 is 5.32 Å². The van der Waals surface area contributed by atoms with E-state index in [1.807, 2.05) is 35.7 Å². The molecule has 5 nitrogen and oxygen atoms in total. The average molecular weight is 218 g/mol. The third-order valence-electron chi connectivity index (χ3n) is 2.31. The maximum absolute atomic E-state index is 11.3. The summed E-state index contributed by atoms with van der Waals surface area (Å²) in [4.78, 5) is 11.3. The van der Waals surface area contributed by atoms with Crippen molar-refractivity contribution >= 4 is 11.6 Å². The topological polar surface area (TPSA) is 59.3 Å². The Morgan fingerprint density at radius 2 is 2.31 bits per heavy atom. The smallest absolute Gasteiger partial charge is 0.220 e. The second kappa shape index (κ2) is 4.74. The van der Waals surface area contributed by atoms with Gasteiger partial charge in [0.25, 0.3) is 0 Å². The first-order chi connectivity index (χ1) is 7.81. The molecule has 84 valence electrons. The van der Waals surface area contributed by atoms with E-state index in [-0.39, 0.29) is 5.91 Å². The Morgan fingerprint density at radius 3 is 3.12 bits per heavy atom. The van der Waals surface area contributed by atoms with Crippen LogP contribution in [-0.2, 0) is 11.3 Å². The van der Waals surface area contributed by atoms with Gasteiger partial charge in [-0.3, -0.25) is 9.20 Å². The molecule has 1 N–H and O–H groups in total. The molecule has 16 heavy (non-hydrogen) atoms. The molecule has 0 saturated carbocycles. The molecule has 0 spiro atoms. The van der Waals surface area contributed by atoms with E-state index >= 15 is 0 Å². The van der Waals surface area contributed by atoms with Gasteiger partial charge in [-0.25, -0.2) is 0 Å². The van der Waals surface area contributed by atoms with Crippen LogP contribution in [0.25, 0.3) is 5.65 Å². The molecule has 0 saturated heterocycles. The lowest BCUT2D eigenvalue weighted by molar-refractivity contribution is -0.121. The molecule has 2 aromatic heterocycles. The lowest BCUT2D eigenvalue weighted by Crippen LogP contribution is -2.23. The Hall–Kier alpha value is -1.91. The highest BCUT2D eigenvalue weighted by Gasteiger charge is 2.05. The third-order valence-corrected chi connectivity index (χ3v) is 2.31. The molecule has 0 unspecified atom stereocenters. The van der Waals surface area contributed by atoms with Crippen LogP contribution in [0.3, 0.4) is 0 Å². The predicted octanol–water partition coefficient (Wildman–Crippen LogP) is 1.15. The fourth-order valence-electron chi connectivity index (χ4n) is 1.50. The van der Waals surface area contributed by atoms with Crippen LogP contribution in [0, 0.1) is 0 Å². The van der Waals surface area contributed by atoms with E-state index in [9.17, 15) is 4.79 Å². The molecule has 0 aliphatic carbocycles. The molecular formula is C11H14N4O. The highest BCUT2D eigenvalue weighted by molar-refractivity contribution is 5.75. The van der Waals surface area contributed by atoms with Gasteiger partial charge in [-0.1, -0.05) is 13.0 Å². The minimum atomic E-state index is 0.0511. The van der Waals surface area contributed by atoms with Crippen molar-refractivity contribution in [2.24, 2.45) is 0 Å². The second-order valence-corrected chi connectivity index (χ2v) is 3.57. The highest BCUT2D eigenvalue weighted by Crippen LogP contribution is 2.02. The Bertz CT molecular complexity index is 491. The van der Waals surface area contributed by atoms with E-state index in [0.29, 0.717) is 13.0 Å². The van der Waals surface area contributed by atoms with Crippen LogP contribution in [0.1, 0.15) is 25.6 Å². The van der Waals surface area contributed by atoms with Crippen molar-refractivity contribution in [1.82, 2.24) is 19.9 Å². The van der Waals surface area contributed by atoms with E-state index < -0.39 is 0 Å². The van der Waals surface area contributed by atoms with Crippen molar-refractivity contribution < 1.29 is 4.79 Å². The quantitative estimate of drug-likeness (QED) is 0.837. The number of pyridine rings is 1. The van der Waals surface area contributed by atoms with Gasteiger partial charge >= 0.3 is 0 Å². The summed E-state index contributed by atoms with van der Waals surface area (Å²) in [5.74, 6) is 0.801. The summed E-state index contributed by atoms with van der Waals surface area (Å²) in [7, 11) is 0. The number of amides is 1. The Balaban J connectivity index is 2.07. The third kappa shape index (κ3) is 2.18. The van der Waals surface area contributed by atoms with Gasteiger partial charge in [0.1, 0.15) is 0 Å². The van der Waals surface area contributed by atoms with Crippen molar-refractivity contribution in [1.29, 1.82) is 0 Å². The number of carbonyl (C=O) groups excluding carboxylic acids is 1. The van der Waals surface area contributed by atoms with Crippen molar-refractivity contribution in [3.8, 4) is 0 Å². The monoisotopic (exact) mass is 218 g/mol. The van der Waals surface area contributed by atoms with E-state index in [1.54, 1.807) is 0 Å². The standard InChI is InChI=1S/C11H14N4O/c1-2-5-11(16)12-8-10-14-13-9-6-3-4-7-15(9)10/h3-4,6-7H,2,5,8H2,1H3,(H,12,16). The molecule has 0 aliphatic heterocycles. The SMILES string of the molecule is CCCC(=O)NCc1nnc2ccccn12. The molecule has 0 aromatic carbocycles. The molecule has 0 atom stereocenters. The normalized spacial score (nSPS) is 10.6. The molecular weight excluding hydrogens is 204 g/mol. The zero-order valence-electron chi connectivity index (χ0n) is 9.18. The van der Waals surface area contributed by atoms with Gasteiger partial charge in [0, 0.05) is 12.6 Å². The van der Waals surface area contributed by atoms with Gasteiger partial charge in [-0.05, 0) is 18.6 Å². The summed E-state index contributed by atoms with van der Waals surface area (Å²) in [5, 5.41) is 10.8. The van der Waals surface area contributed by atoms with Crippen LogP contribution in [0.2, 0.25) is 0 Å². The summed E-state index contributed by atoms with van der Waals surface area (Å²) in [5.41, 5.74) is 0.794. The van der Waals surface area contributed by atoms with Gasteiger partial charge in [0.05, 0.1) is 6.54 Å². The number of nitrogens with one attached hydrogen (secondary N) is 1. The zero-order chi connectivity index (χ0) is 11.4. The number of nitrogens with zero attached hydrogens (tertiary/aromatic N) is 3. The largest absolute Gasteiger partial charge is 0.349 e. The molecule has 0 radical (unpaired) electrons. The average Bonchev–Trinajstić information content (AvgIpc) is 2.70. The highest BCUT2D eigenvalue weighted by atomic mass is 16.1. The first-order valence-electron chi connectivity index (χ1n) is 5.36. The van der Waals surface area contributed by atoms with Crippen LogP contribution >= 0.6 is 0 Å². The van der Waals surface area contributed by atoms with Crippen molar-refractivity contribution in [3.63, 3.8) is 0 Å². The van der Waals surface area contributed by atoms with Gasteiger partial charge in [-0.2, -0.15) is 0 Å². The number of hydrogen-bond acceptors (Lipinski definition) is 3. The maximum atomic E-state index is 11.3. The van der Waals surface area contributed by atoms with Crippen LogP contribution < -0.4 is 5.32 Å². The summed E-state index contributed by atoms with van der Waals surface area (Å²) in [6.07, 6.45) is 3.29. The number of hydrogen-bond donors (Lipinski definition) is 1. The number of carbonyl (C=O) groups is 1. The number of aromatic nitrogens is 3.